The van der Waals surface area contributed by atoms with Gasteiger partial charge in [-0.15, -0.1) is 4.40 Å². The number of benzene rings is 2. The number of amidine groups is 1. The van der Waals surface area contributed by atoms with E-state index < -0.39 is 10.0 Å². The lowest BCUT2D eigenvalue weighted by Gasteiger charge is -2.32. The number of para-hydroxylation sites is 1. The number of sulfonamides is 1. The molecule has 2 aliphatic rings. The van der Waals surface area contributed by atoms with Crippen LogP contribution in [-0.4, -0.2) is 44.6 Å². The van der Waals surface area contributed by atoms with E-state index in [0.717, 1.165) is 12.8 Å². The number of carbonyl (C=O) groups is 1. The Hall–Kier alpha value is -2.22. The van der Waals surface area contributed by atoms with Crippen molar-refractivity contribution >= 4 is 38.9 Å². The van der Waals surface area contributed by atoms with Crippen LogP contribution < -0.4 is 5.32 Å². The number of Topliss-reactive ketones (excluding diaryl/α,β-unsaturated/α-hetero) is 1. The van der Waals surface area contributed by atoms with Gasteiger partial charge in [-0.3, -0.25) is 9.69 Å². The number of hydrogen-bond acceptors (Lipinski definition) is 5. The zero-order chi connectivity index (χ0) is 19.7. The van der Waals surface area contributed by atoms with Crippen LogP contribution in [0.15, 0.2) is 57.8 Å². The summed E-state index contributed by atoms with van der Waals surface area (Å²) >= 11 is 5.89. The molecule has 2 aromatic carbocycles. The lowest BCUT2D eigenvalue weighted by molar-refractivity contribution is 0.0851. The highest BCUT2D eigenvalue weighted by atomic mass is 35.5. The minimum absolute atomic E-state index is 0.0249. The molecule has 0 bridgehead atoms. The summed E-state index contributed by atoms with van der Waals surface area (Å²) in [6.07, 6.45) is 1.47. The lowest BCUT2D eigenvalue weighted by atomic mass is 9.89. The molecular formula is C20H20ClN3O3S. The Morgan fingerprint density at radius 1 is 1.11 bits per heavy atom. The van der Waals surface area contributed by atoms with Crippen molar-refractivity contribution in [3.63, 3.8) is 0 Å². The van der Waals surface area contributed by atoms with Crippen molar-refractivity contribution in [1.29, 1.82) is 0 Å². The van der Waals surface area contributed by atoms with Crippen LogP contribution in [0, 0.1) is 5.92 Å². The Morgan fingerprint density at radius 2 is 1.79 bits per heavy atom. The molecule has 0 unspecified atom stereocenters. The summed E-state index contributed by atoms with van der Waals surface area (Å²) in [5.74, 6) is 0.533. The largest absolute Gasteiger partial charge is 0.341 e. The first-order valence-electron chi connectivity index (χ1n) is 9.14. The fraction of sp³-hybridized carbons (Fsp3) is 0.300. The maximum absolute atomic E-state index is 12.7. The first-order chi connectivity index (χ1) is 13.4. The van der Waals surface area contributed by atoms with Gasteiger partial charge >= 0.3 is 0 Å². The number of rotatable bonds is 4. The highest BCUT2D eigenvalue weighted by Crippen LogP contribution is 2.27. The second-order valence-corrected chi connectivity index (χ2v) is 9.06. The molecule has 0 amide bonds. The van der Waals surface area contributed by atoms with Crippen LogP contribution in [0.25, 0.3) is 0 Å². The van der Waals surface area contributed by atoms with Crippen LogP contribution in [0.3, 0.4) is 0 Å². The number of nitrogens with zero attached hydrogens (tertiary/aromatic N) is 2. The Balaban J connectivity index is 1.38. The van der Waals surface area contributed by atoms with E-state index in [4.69, 9.17) is 11.6 Å². The number of piperidine rings is 1. The van der Waals surface area contributed by atoms with Crippen LogP contribution in [0.2, 0.25) is 5.02 Å². The molecule has 8 heteroatoms. The summed E-state index contributed by atoms with van der Waals surface area (Å²) in [6, 6.07) is 13.7. The molecule has 28 heavy (non-hydrogen) atoms. The molecule has 1 N–H and O–H groups in total. The molecule has 0 aromatic heterocycles. The van der Waals surface area contributed by atoms with Gasteiger partial charge in [0.05, 0.1) is 12.2 Å². The fourth-order valence-corrected chi connectivity index (χ4v) is 4.92. The maximum atomic E-state index is 12.7. The highest BCUT2D eigenvalue weighted by molar-refractivity contribution is 7.90. The lowest BCUT2D eigenvalue weighted by Crippen LogP contribution is -2.41. The van der Waals surface area contributed by atoms with Gasteiger partial charge in [0, 0.05) is 16.5 Å². The van der Waals surface area contributed by atoms with Crippen molar-refractivity contribution in [2.24, 2.45) is 10.3 Å². The first-order valence-corrected chi connectivity index (χ1v) is 11.0. The fourth-order valence-electron chi connectivity index (χ4n) is 3.65. The van der Waals surface area contributed by atoms with Crippen LogP contribution in [-0.2, 0) is 10.0 Å². The second-order valence-electron chi connectivity index (χ2n) is 7.06. The minimum Gasteiger partial charge on any atom is -0.341 e. The third-order valence-electron chi connectivity index (χ3n) is 5.13. The van der Waals surface area contributed by atoms with Crippen molar-refractivity contribution < 1.29 is 13.2 Å². The number of anilines is 1. The first kappa shape index (κ1) is 19.1. The van der Waals surface area contributed by atoms with Crippen LogP contribution >= 0.6 is 11.6 Å². The van der Waals surface area contributed by atoms with E-state index in [9.17, 15) is 13.2 Å². The number of hydrogen-bond donors (Lipinski definition) is 1. The smallest absolute Gasteiger partial charge is 0.286 e. The zero-order valence-corrected chi connectivity index (χ0v) is 16.7. The number of nitrogens with one attached hydrogen (secondary N) is 1. The average molecular weight is 418 g/mol. The summed E-state index contributed by atoms with van der Waals surface area (Å²) in [5.41, 5.74) is 1.24. The summed E-state index contributed by atoms with van der Waals surface area (Å²) in [4.78, 5) is 15.0. The van der Waals surface area contributed by atoms with Gasteiger partial charge in [-0.25, -0.2) is 0 Å². The molecule has 2 aromatic rings. The highest BCUT2D eigenvalue weighted by Gasteiger charge is 2.29. The molecule has 146 valence electrons. The molecule has 2 heterocycles. The Labute approximate surface area is 169 Å². The number of likely N-dealkylation sites (tertiary alicyclic amines) is 1. The molecule has 0 radical (unpaired) electrons. The number of halogens is 1. The van der Waals surface area contributed by atoms with Crippen LogP contribution in [0.1, 0.15) is 23.2 Å². The zero-order valence-electron chi connectivity index (χ0n) is 15.1. The standard InChI is InChI=1S/C20H20ClN3O3S/c21-16-7-5-14(6-8-16)20(25)15-9-11-24(12-10-15)13-19-22-17-3-1-2-4-18(17)28(26,27)23-19/h1-8,15H,9-13H2,(H,22,23). The van der Waals surface area contributed by atoms with Gasteiger partial charge in [0.2, 0.25) is 0 Å². The van der Waals surface area contributed by atoms with Crippen LogP contribution in [0.4, 0.5) is 5.69 Å². The molecular weight excluding hydrogens is 398 g/mol. The van der Waals surface area contributed by atoms with Gasteiger partial charge in [-0.2, -0.15) is 8.42 Å². The molecule has 0 aliphatic carbocycles. The SMILES string of the molecule is O=C(c1ccc(Cl)cc1)C1CCN(CC2=NS(=O)(=O)c3ccccc3N2)CC1. The van der Waals surface area contributed by atoms with Gasteiger partial charge in [0.1, 0.15) is 10.7 Å². The van der Waals surface area contributed by atoms with Crippen molar-refractivity contribution in [2.75, 3.05) is 25.0 Å². The molecule has 6 nitrogen and oxygen atoms in total. The summed E-state index contributed by atoms with van der Waals surface area (Å²) in [7, 11) is -3.67. The van der Waals surface area contributed by atoms with E-state index in [0.29, 0.717) is 41.7 Å². The van der Waals surface area contributed by atoms with Crippen LogP contribution in [0.5, 0.6) is 0 Å². The van der Waals surface area contributed by atoms with Crippen molar-refractivity contribution in [2.45, 2.75) is 17.7 Å². The van der Waals surface area contributed by atoms with Gasteiger partial charge in [-0.05, 0) is 62.3 Å². The Kier molecular flexibility index (Phi) is 5.23. The van der Waals surface area contributed by atoms with E-state index in [1.54, 1.807) is 48.5 Å². The van der Waals surface area contributed by atoms with E-state index in [2.05, 4.69) is 14.6 Å². The number of ketones is 1. The molecule has 0 saturated carbocycles. The summed E-state index contributed by atoms with van der Waals surface area (Å²) < 4.78 is 28.6. The molecule has 1 fully saturated rings. The summed E-state index contributed by atoms with van der Waals surface area (Å²) in [6.45, 7) is 1.84. The molecule has 4 rings (SSSR count). The summed E-state index contributed by atoms with van der Waals surface area (Å²) in [5, 5.41) is 3.73. The number of fused-ring (bicyclic) bond motifs is 1. The van der Waals surface area contributed by atoms with Gasteiger partial charge in [0.15, 0.2) is 5.78 Å². The quantitative estimate of drug-likeness (QED) is 0.771. The predicted octanol–water partition coefficient (Wildman–Crippen LogP) is 3.45. The topological polar surface area (TPSA) is 78.8 Å². The van der Waals surface area contributed by atoms with Crippen molar-refractivity contribution in [3.05, 3.63) is 59.1 Å². The molecule has 1 saturated heterocycles. The Bertz CT molecular complexity index is 1030. The van der Waals surface area contributed by atoms with Gasteiger partial charge in [0.25, 0.3) is 10.0 Å². The van der Waals surface area contributed by atoms with E-state index in [1.807, 2.05) is 0 Å². The third kappa shape index (κ3) is 3.97. The van der Waals surface area contributed by atoms with Crippen molar-refractivity contribution in [3.8, 4) is 0 Å². The van der Waals surface area contributed by atoms with Gasteiger partial charge in [-0.1, -0.05) is 23.7 Å². The molecule has 0 spiro atoms. The third-order valence-corrected chi connectivity index (χ3v) is 6.76. The predicted molar refractivity (Wildman–Crippen MR) is 110 cm³/mol. The van der Waals surface area contributed by atoms with Crippen molar-refractivity contribution in [1.82, 2.24) is 4.90 Å². The average Bonchev–Trinajstić information content (AvgIpc) is 2.68. The second kappa shape index (κ2) is 7.66. The van der Waals surface area contributed by atoms with E-state index >= 15 is 0 Å². The Morgan fingerprint density at radius 3 is 2.50 bits per heavy atom. The van der Waals surface area contributed by atoms with Gasteiger partial charge < -0.3 is 5.32 Å². The molecule has 2 aliphatic heterocycles. The van der Waals surface area contributed by atoms with E-state index in [-0.39, 0.29) is 16.6 Å². The normalized spacial score (nSPS) is 19.4. The van der Waals surface area contributed by atoms with E-state index in [1.165, 1.54) is 0 Å². The minimum atomic E-state index is -3.67. The number of carbonyl (C=O) groups excluding carboxylic acids is 1. The molecule has 0 atom stereocenters. The monoisotopic (exact) mass is 417 g/mol. The maximum Gasteiger partial charge on any atom is 0.286 e.